The molecule has 0 bridgehead atoms. The molecule has 150 valence electrons. The van der Waals surface area contributed by atoms with Crippen molar-refractivity contribution in [2.24, 2.45) is 4.99 Å². The van der Waals surface area contributed by atoms with E-state index in [2.05, 4.69) is 22.5 Å². The zero-order chi connectivity index (χ0) is 18.1. The number of nitrogens with one attached hydrogen (secondary N) is 2. The van der Waals surface area contributed by atoms with Crippen LogP contribution in [0.1, 0.15) is 31.1 Å². The van der Waals surface area contributed by atoms with E-state index in [0.29, 0.717) is 37.1 Å². The van der Waals surface area contributed by atoms with Gasteiger partial charge in [0.1, 0.15) is 4.21 Å². The topological polar surface area (TPSA) is 83.0 Å². The normalized spacial score (nSPS) is 16.2. The van der Waals surface area contributed by atoms with Gasteiger partial charge in [0.05, 0.1) is 19.8 Å². The molecule has 1 aromatic rings. The van der Waals surface area contributed by atoms with Gasteiger partial charge in [0.2, 0.25) is 0 Å². The Bertz CT molecular complexity index is 658. The van der Waals surface area contributed by atoms with E-state index in [0.717, 1.165) is 23.8 Å². The standard InChI is InChI=1S/C16H28N4O3S2.HI/c1-3-4-5-8-18-16(17-2)19-13-14-6-7-15(24-14)25(21,22)20-9-11-23-12-10-20;/h6-7H,3-5,8-13H2,1-2H3,(H2,17,18,19);1H. The molecule has 2 N–H and O–H groups in total. The molecule has 0 unspecified atom stereocenters. The number of nitrogens with zero attached hydrogens (tertiary/aromatic N) is 2. The van der Waals surface area contributed by atoms with E-state index >= 15 is 0 Å². The van der Waals surface area contributed by atoms with Gasteiger partial charge >= 0.3 is 0 Å². The van der Waals surface area contributed by atoms with Crippen LogP contribution in [0.3, 0.4) is 0 Å². The first kappa shape index (κ1) is 23.6. The second-order valence-corrected chi connectivity index (χ2v) is 9.13. The Morgan fingerprint density at radius 3 is 2.65 bits per heavy atom. The SMILES string of the molecule is CCCCCNC(=NC)NCc1ccc(S(=O)(=O)N2CCOCC2)s1.I. The van der Waals surface area contributed by atoms with Crippen molar-refractivity contribution in [2.45, 2.75) is 36.9 Å². The third-order valence-electron chi connectivity index (χ3n) is 3.93. The number of sulfonamides is 1. The molecule has 0 aromatic carbocycles. The summed E-state index contributed by atoms with van der Waals surface area (Å²) in [4.78, 5) is 5.15. The summed E-state index contributed by atoms with van der Waals surface area (Å²) in [5, 5.41) is 6.49. The predicted octanol–water partition coefficient (Wildman–Crippen LogP) is 2.24. The van der Waals surface area contributed by atoms with Crippen LogP contribution in [0.2, 0.25) is 0 Å². The molecule has 2 heterocycles. The number of thiophene rings is 1. The van der Waals surface area contributed by atoms with Crippen LogP contribution in [-0.4, -0.2) is 58.6 Å². The van der Waals surface area contributed by atoms with Crippen LogP contribution in [-0.2, 0) is 21.3 Å². The number of rotatable bonds is 8. The van der Waals surface area contributed by atoms with Crippen molar-refractivity contribution in [1.82, 2.24) is 14.9 Å². The van der Waals surface area contributed by atoms with Gasteiger partial charge in [-0.3, -0.25) is 4.99 Å². The van der Waals surface area contributed by atoms with Crippen molar-refractivity contribution in [3.05, 3.63) is 17.0 Å². The summed E-state index contributed by atoms with van der Waals surface area (Å²) in [6.07, 6.45) is 3.49. The Hall–Kier alpha value is -0.430. The highest BCUT2D eigenvalue weighted by Crippen LogP contribution is 2.25. The molecule has 0 radical (unpaired) electrons. The first-order chi connectivity index (χ1) is 12.1. The van der Waals surface area contributed by atoms with E-state index in [1.54, 1.807) is 13.1 Å². The quantitative estimate of drug-likeness (QED) is 0.240. The summed E-state index contributed by atoms with van der Waals surface area (Å²) >= 11 is 1.30. The Morgan fingerprint density at radius 1 is 1.27 bits per heavy atom. The van der Waals surface area contributed by atoms with Gasteiger partial charge in [0.25, 0.3) is 10.0 Å². The van der Waals surface area contributed by atoms with E-state index in [-0.39, 0.29) is 24.0 Å². The number of aliphatic imine (C=N–C) groups is 1. The maximum absolute atomic E-state index is 12.6. The number of hydrogen-bond acceptors (Lipinski definition) is 5. The minimum Gasteiger partial charge on any atom is -0.379 e. The number of halogens is 1. The third-order valence-corrected chi connectivity index (χ3v) is 7.38. The lowest BCUT2D eigenvalue weighted by Crippen LogP contribution is -2.40. The molecular formula is C16H29IN4O3S2. The molecule has 10 heteroatoms. The molecule has 26 heavy (non-hydrogen) atoms. The molecule has 0 atom stereocenters. The summed E-state index contributed by atoms with van der Waals surface area (Å²) < 4.78 is 32.4. The summed E-state index contributed by atoms with van der Waals surface area (Å²) in [5.41, 5.74) is 0. The zero-order valence-electron chi connectivity index (χ0n) is 15.4. The van der Waals surface area contributed by atoms with Gasteiger partial charge < -0.3 is 15.4 Å². The van der Waals surface area contributed by atoms with Crippen LogP contribution in [0, 0.1) is 0 Å². The molecule has 1 fully saturated rings. The van der Waals surface area contributed by atoms with Crippen LogP contribution in [0.5, 0.6) is 0 Å². The zero-order valence-corrected chi connectivity index (χ0v) is 19.3. The average molecular weight is 516 g/mol. The summed E-state index contributed by atoms with van der Waals surface area (Å²) in [7, 11) is -1.67. The van der Waals surface area contributed by atoms with Gasteiger partial charge in [-0.15, -0.1) is 35.3 Å². The molecule has 7 nitrogen and oxygen atoms in total. The Balaban J connectivity index is 0.00000338. The summed E-state index contributed by atoms with van der Waals surface area (Å²) in [6, 6.07) is 3.54. The average Bonchev–Trinajstić information content (AvgIpc) is 3.12. The summed E-state index contributed by atoms with van der Waals surface area (Å²) in [5.74, 6) is 0.738. The van der Waals surface area contributed by atoms with Gasteiger partial charge in [-0.2, -0.15) is 4.31 Å². The lowest BCUT2D eigenvalue weighted by atomic mass is 10.2. The van der Waals surface area contributed by atoms with Crippen LogP contribution in [0.15, 0.2) is 21.3 Å². The van der Waals surface area contributed by atoms with Crippen molar-refractivity contribution < 1.29 is 13.2 Å². The minimum absolute atomic E-state index is 0. The number of guanidine groups is 1. The fraction of sp³-hybridized carbons (Fsp3) is 0.688. The molecule has 0 amide bonds. The van der Waals surface area contributed by atoms with E-state index in [9.17, 15) is 8.42 Å². The Kier molecular flexibility index (Phi) is 11.0. The Morgan fingerprint density at radius 2 is 2.00 bits per heavy atom. The smallest absolute Gasteiger partial charge is 0.252 e. The number of ether oxygens (including phenoxy) is 1. The highest BCUT2D eigenvalue weighted by Gasteiger charge is 2.27. The maximum atomic E-state index is 12.6. The number of morpholine rings is 1. The van der Waals surface area contributed by atoms with Crippen LogP contribution in [0.25, 0.3) is 0 Å². The molecule has 2 rings (SSSR count). The predicted molar refractivity (Wildman–Crippen MR) is 117 cm³/mol. The molecule has 1 aliphatic heterocycles. The lowest BCUT2D eigenvalue weighted by molar-refractivity contribution is 0.0731. The lowest BCUT2D eigenvalue weighted by Gasteiger charge is -2.25. The Labute approximate surface area is 177 Å². The van der Waals surface area contributed by atoms with Gasteiger partial charge in [0, 0.05) is 31.6 Å². The van der Waals surface area contributed by atoms with E-state index in [1.165, 1.54) is 28.5 Å². The highest BCUT2D eigenvalue weighted by molar-refractivity contribution is 14.0. The molecule has 1 aromatic heterocycles. The third kappa shape index (κ3) is 6.95. The molecule has 0 aliphatic carbocycles. The van der Waals surface area contributed by atoms with Crippen LogP contribution >= 0.6 is 35.3 Å². The second-order valence-electron chi connectivity index (χ2n) is 5.80. The highest BCUT2D eigenvalue weighted by atomic mass is 127. The minimum atomic E-state index is -3.41. The van der Waals surface area contributed by atoms with E-state index in [4.69, 9.17) is 4.74 Å². The fourth-order valence-electron chi connectivity index (χ4n) is 2.48. The molecular weight excluding hydrogens is 487 g/mol. The van der Waals surface area contributed by atoms with Crippen molar-refractivity contribution in [1.29, 1.82) is 0 Å². The summed E-state index contributed by atoms with van der Waals surface area (Å²) in [6.45, 7) is 5.36. The molecule has 0 saturated carbocycles. The van der Waals surface area contributed by atoms with E-state index in [1.807, 2.05) is 6.07 Å². The molecule has 0 spiro atoms. The van der Waals surface area contributed by atoms with E-state index < -0.39 is 10.0 Å². The second kappa shape index (κ2) is 12.1. The van der Waals surface area contributed by atoms with Crippen molar-refractivity contribution >= 4 is 51.3 Å². The monoisotopic (exact) mass is 516 g/mol. The first-order valence-electron chi connectivity index (χ1n) is 8.69. The van der Waals surface area contributed by atoms with Gasteiger partial charge in [0.15, 0.2) is 5.96 Å². The number of hydrogen-bond donors (Lipinski definition) is 2. The van der Waals surface area contributed by atoms with Gasteiger partial charge in [-0.1, -0.05) is 19.8 Å². The van der Waals surface area contributed by atoms with Crippen molar-refractivity contribution in [3.63, 3.8) is 0 Å². The number of unbranched alkanes of at least 4 members (excludes halogenated alkanes) is 2. The van der Waals surface area contributed by atoms with Gasteiger partial charge in [-0.25, -0.2) is 8.42 Å². The fourth-order valence-corrected chi connectivity index (χ4v) is 5.34. The largest absolute Gasteiger partial charge is 0.379 e. The van der Waals surface area contributed by atoms with Crippen LogP contribution in [0.4, 0.5) is 0 Å². The molecule has 1 aliphatic rings. The first-order valence-corrected chi connectivity index (χ1v) is 10.9. The van der Waals surface area contributed by atoms with Crippen LogP contribution < -0.4 is 10.6 Å². The molecule has 1 saturated heterocycles. The van der Waals surface area contributed by atoms with Crippen molar-refractivity contribution in [3.8, 4) is 0 Å². The van der Waals surface area contributed by atoms with Crippen molar-refractivity contribution in [2.75, 3.05) is 39.9 Å². The van der Waals surface area contributed by atoms with Gasteiger partial charge in [-0.05, 0) is 18.6 Å². The maximum Gasteiger partial charge on any atom is 0.252 e.